The number of hydrogen-bond donors (Lipinski definition) is 1. The van der Waals surface area contributed by atoms with Crippen LogP contribution in [0.3, 0.4) is 0 Å². The van der Waals surface area contributed by atoms with Crippen LogP contribution in [0.5, 0.6) is 0 Å². The third kappa shape index (κ3) is 2.86. The monoisotopic (exact) mass is 245 g/mol. The number of imidazole rings is 1. The Morgan fingerprint density at radius 3 is 2.61 bits per heavy atom. The molecular weight excluding hydrogens is 230 g/mol. The minimum Gasteiger partial charge on any atom is -0.354 e. The second kappa shape index (κ2) is 5.83. The van der Waals surface area contributed by atoms with Crippen molar-refractivity contribution in [3.8, 4) is 12.1 Å². The van der Waals surface area contributed by atoms with Crippen LogP contribution in [0, 0.1) is 28.6 Å². The molecule has 6 heteroatoms. The van der Waals surface area contributed by atoms with Gasteiger partial charge in [-0.15, -0.1) is 0 Å². The van der Waals surface area contributed by atoms with Gasteiger partial charge in [0.1, 0.15) is 18.2 Å². The lowest BCUT2D eigenvalue weighted by atomic mass is 10.2. The molecule has 1 N–H and O–H groups in total. The molecule has 0 bridgehead atoms. The van der Waals surface area contributed by atoms with Crippen molar-refractivity contribution in [1.82, 2.24) is 14.9 Å². The number of nitriles is 2. The van der Waals surface area contributed by atoms with Crippen molar-refractivity contribution in [2.45, 2.75) is 26.8 Å². The number of rotatable bonds is 4. The molecule has 94 valence electrons. The summed E-state index contributed by atoms with van der Waals surface area (Å²) in [6, 6.07) is 3.16. The van der Waals surface area contributed by atoms with Crippen LogP contribution in [0.4, 0.5) is 0 Å². The van der Waals surface area contributed by atoms with Crippen molar-refractivity contribution in [3.05, 3.63) is 17.7 Å². The zero-order chi connectivity index (χ0) is 13.7. The molecular formula is C12H15N5O. The Morgan fingerprint density at radius 1 is 1.44 bits per heavy atom. The Kier molecular flexibility index (Phi) is 4.45. The molecule has 1 rings (SSSR count). The summed E-state index contributed by atoms with van der Waals surface area (Å²) in [7, 11) is 0. The van der Waals surface area contributed by atoms with E-state index in [2.05, 4.69) is 10.3 Å². The minimum absolute atomic E-state index is 0.0426. The molecule has 1 heterocycles. The van der Waals surface area contributed by atoms with Crippen molar-refractivity contribution >= 4 is 5.91 Å². The molecule has 0 fully saturated rings. The van der Waals surface area contributed by atoms with E-state index in [9.17, 15) is 4.79 Å². The molecule has 18 heavy (non-hydrogen) atoms. The Labute approximate surface area is 106 Å². The number of nitrogens with zero attached hydrogens (tertiary/aromatic N) is 4. The van der Waals surface area contributed by atoms with E-state index in [-0.39, 0.29) is 17.3 Å². The number of aromatic nitrogens is 2. The highest BCUT2D eigenvalue weighted by atomic mass is 16.2. The van der Waals surface area contributed by atoms with Crippen LogP contribution in [0.15, 0.2) is 6.33 Å². The van der Waals surface area contributed by atoms with Crippen molar-refractivity contribution < 1.29 is 4.79 Å². The number of amides is 1. The van der Waals surface area contributed by atoms with E-state index in [0.29, 0.717) is 12.5 Å². The maximum atomic E-state index is 11.9. The molecule has 0 saturated heterocycles. The average molecular weight is 245 g/mol. The van der Waals surface area contributed by atoms with Crippen LogP contribution >= 0.6 is 0 Å². The Bertz CT molecular complexity index is 518. The lowest BCUT2D eigenvalue weighted by Crippen LogP contribution is -2.33. The second-order valence-corrected chi connectivity index (χ2v) is 4.39. The van der Waals surface area contributed by atoms with Gasteiger partial charge < -0.3 is 9.88 Å². The van der Waals surface area contributed by atoms with Crippen molar-refractivity contribution in [1.29, 1.82) is 10.5 Å². The SMILES string of the molecule is CC(C)CNC(=O)C(C)n1cnc(C#N)c1C#N. The summed E-state index contributed by atoms with van der Waals surface area (Å²) in [6.45, 7) is 6.23. The highest BCUT2D eigenvalue weighted by Crippen LogP contribution is 2.13. The Balaban J connectivity index is 2.88. The summed E-state index contributed by atoms with van der Waals surface area (Å²) < 4.78 is 1.41. The summed E-state index contributed by atoms with van der Waals surface area (Å²) in [5.41, 5.74) is 0.158. The predicted molar refractivity (Wildman–Crippen MR) is 64.2 cm³/mol. The smallest absolute Gasteiger partial charge is 0.242 e. The van der Waals surface area contributed by atoms with Gasteiger partial charge in [0.15, 0.2) is 11.4 Å². The summed E-state index contributed by atoms with van der Waals surface area (Å²) in [5, 5.41) is 20.5. The lowest BCUT2D eigenvalue weighted by Gasteiger charge is -2.15. The summed E-state index contributed by atoms with van der Waals surface area (Å²) >= 11 is 0. The van der Waals surface area contributed by atoms with E-state index < -0.39 is 6.04 Å². The van der Waals surface area contributed by atoms with Gasteiger partial charge in [0.05, 0.1) is 6.33 Å². The highest BCUT2D eigenvalue weighted by Gasteiger charge is 2.20. The summed E-state index contributed by atoms with van der Waals surface area (Å²) in [4.78, 5) is 15.7. The van der Waals surface area contributed by atoms with Crippen LogP contribution < -0.4 is 5.32 Å². The van der Waals surface area contributed by atoms with E-state index in [1.165, 1.54) is 10.9 Å². The van der Waals surface area contributed by atoms with E-state index >= 15 is 0 Å². The molecule has 1 aromatic rings. The normalized spacial score (nSPS) is 11.7. The fourth-order valence-corrected chi connectivity index (χ4v) is 1.43. The molecule has 1 amide bonds. The van der Waals surface area contributed by atoms with Crippen molar-refractivity contribution in [2.75, 3.05) is 6.54 Å². The van der Waals surface area contributed by atoms with E-state index in [0.717, 1.165) is 0 Å². The fourth-order valence-electron chi connectivity index (χ4n) is 1.43. The van der Waals surface area contributed by atoms with Gasteiger partial charge >= 0.3 is 0 Å². The lowest BCUT2D eigenvalue weighted by molar-refractivity contribution is -0.124. The first-order chi connectivity index (χ1) is 8.51. The topological polar surface area (TPSA) is 94.5 Å². The first kappa shape index (κ1) is 13.7. The summed E-state index contributed by atoms with van der Waals surface area (Å²) in [5.74, 6) is 0.163. The summed E-state index contributed by atoms with van der Waals surface area (Å²) in [6.07, 6.45) is 1.34. The first-order valence-corrected chi connectivity index (χ1v) is 5.66. The molecule has 0 radical (unpaired) electrons. The molecule has 1 unspecified atom stereocenters. The first-order valence-electron chi connectivity index (χ1n) is 5.66. The quantitative estimate of drug-likeness (QED) is 0.854. The molecule has 0 aliphatic carbocycles. The molecule has 1 aromatic heterocycles. The molecule has 1 atom stereocenters. The van der Waals surface area contributed by atoms with Crippen LogP contribution in [0.2, 0.25) is 0 Å². The highest BCUT2D eigenvalue weighted by molar-refractivity contribution is 5.80. The van der Waals surface area contributed by atoms with Gasteiger partial charge in [0.2, 0.25) is 5.91 Å². The second-order valence-electron chi connectivity index (χ2n) is 4.39. The molecule has 0 aliphatic rings. The van der Waals surface area contributed by atoms with E-state index in [1.807, 2.05) is 26.0 Å². The number of hydrogen-bond acceptors (Lipinski definition) is 4. The van der Waals surface area contributed by atoms with Gasteiger partial charge in [0.25, 0.3) is 0 Å². The van der Waals surface area contributed by atoms with Crippen LogP contribution in [0.1, 0.15) is 38.2 Å². The molecule has 0 aromatic carbocycles. The number of nitrogens with one attached hydrogen (secondary N) is 1. The van der Waals surface area contributed by atoms with Gasteiger partial charge in [-0.05, 0) is 12.8 Å². The molecule has 0 aliphatic heterocycles. The average Bonchev–Trinajstić information content (AvgIpc) is 2.77. The van der Waals surface area contributed by atoms with Crippen molar-refractivity contribution in [2.24, 2.45) is 5.92 Å². The number of carbonyl (C=O) groups is 1. The van der Waals surface area contributed by atoms with E-state index in [1.54, 1.807) is 6.92 Å². The number of carbonyl (C=O) groups excluding carboxylic acids is 1. The van der Waals surface area contributed by atoms with Crippen LogP contribution in [-0.2, 0) is 4.79 Å². The third-order valence-electron chi connectivity index (χ3n) is 2.49. The minimum atomic E-state index is -0.562. The van der Waals surface area contributed by atoms with Gasteiger partial charge in [-0.2, -0.15) is 10.5 Å². The van der Waals surface area contributed by atoms with Crippen LogP contribution in [0.25, 0.3) is 0 Å². The largest absolute Gasteiger partial charge is 0.354 e. The molecule has 0 saturated carbocycles. The zero-order valence-electron chi connectivity index (χ0n) is 10.6. The van der Waals surface area contributed by atoms with Gasteiger partial charge in [0, 0.05) is 6.54 Å². The third-order valence-corrected chi connectivity index (χ3v) is 2.49. The Morgan fingerprint density at radius 2 is 2.11 bits per heavy atom. The van der Waals surface area contributed by atoms with Gasteiger partial charge in [-0.3, -0.25) is 4.79 Å². The molecule has 6 nitrogen and oxygen atoms in total. The zero-order valence-corrected chi connectivity index (χ0v) is 10.6. The maximum Gasteiger partial charge on any atom is 0.242 e. The van der Waals surface area contributed by atoms with Crippen LogP contribution in [-0.4, -0.2) is 22.0 Å². The van der Waals surface area contributed by atoms with E-state index in [4.69, 9.17) is 10.5 Å². The van der Waals surface area contributed by atoms with Gasteiger partial charge in [-0.25, -0.2) is 4.98 Å². The maximum absolute atomic E-state index is 11.9. The van der Waals surface area contributed by atoms with Gasteiger partial charge in [-0.1, -0.05) is 13.8 Å². The molecule has 0 spiro atoms. The fraction of sp³-hybridized carbons (Fsp3) is 0.500. The Hall–Kier alpha value is -2.34. The standard InChI is InChI=1S/C12H15N5O/c1-8(2)6-15-12(18)9(3)17-7-16-10(4-13)11(17)5-14/h7-9H,6H2,1-3H3,(H,15,18). The van der Waals surface area contributed by atoms with Crippen molar-refractivity contribution in [3.63, 3.8) is 0 Å². The predicted octanol–water partition coefficient (Wildman–Crippen LogP) is 0.960.